The second-order valence-electron chi connectivity index (χ2n) is 4.42. The highest BCUT2D eigenvalue weighted by atomic mass is 35.5. The van der Waals surface area contributed by atoms with E-state index in [0.717, 1.165) is 17.7 Å². The maximum absolute atomic E-state index is 12.1. The van der Waals surface area contributed by atoms with Crippen molar-refractivity contribution in [3.8, 4) is 0 Å². The van der Waals surface area contributed by atoms with E-state index < -0.39 is 0 Å². The zero-order chi connectivity index (χ0) is 13.2. The van der Waals surface area contributed by atoms with E-state index >= 15 is 0 Å². The average Bonchev–Trinajstić information content (AvgIpc) is 2.82. The third-order valence-corrected chi connectivity index (χ3v) is 4.51. The van der Waals surface area contributed by atoms with Crippen molar-refractivity contribution in [1.29, 1.82) is 0 Å². The third-order valence-electron chi connectivity index (χ3n) is 3.07. The Kier molecular flexibility index (Phi) is 3.48. The van der Waals surface area contributed by atoms with E-state index in [1.165, 1.54) is 29.5 Å². The van der Waals surface area contributed by atoms with Gasteiger partial charge in [0.1, 0.15) is 5.15 Å². The molecule has 1 aliphatic carbocycles. The van der Waals surface area contributed by atoms with Crippen molar-refractivity contribution in [2.24, 2.45) is 0 Å². The van der Waals surface area contributed by atoms with Crippen LogP contribution in [-0.2, 0) is 12.8 Å². The molecule has 2 aromatic rings. The van der Waals surface area contributed by atoms with Crippen molar-refractivity contribution in [3.63, 3.8) is 0 Å². The molecule has 2 aromatic heterocycles. The third kappa shape index (κ3) is 2.77. The maximum Gasteiger partial charge on any atom is 0.268 e. The first kappa shape index (κ1) is 12.6. The highest BCUT2D eigenvalue weighted by Crippen LogP contribution is 2.29. The van der Waals surface area contributed by atoms with Crippen LogP contribution in [0.25, 0.3) is 0 Å². The Morgan fingerprint density at radius 2 is 2.21 bits per heavy atom. The first-order valence-corrected chi connectivity index (χ1v) is 7.33. The first-order chi connectivity index (χ1) is 9.22. The van der Waals surface area contributed by atoms with Gasteiger partial charge in [0.2, 0.25) is 5.95 Å². The molecule has 1 aliphatic rings. The molecule has 0 unspecified atom stereocenters. The van der Waals surface area contributed by atoms with Crippen molar-refractivity contribution in [1.82, 2.24) is 9.97 Å². The number of hydrogen-bond acceptors (Lipinski definition) is 4. The lowest BCUT2D eigenvalue weighted by Crippen LogP contribution is -2.12. The van der Waals surface area contributed by atoms with Gasteiger partial charge in [-0.25, -0.2) is 9.97 Å². The van der Waals surface area contributed by atoms with Crippen LogP contribution in [0.2, 0.25) is 5.15 Å². The Morgan fingerprint density at radius 1 is 1.37 bits per heavy atom. The number of hydrogen-bond donors (Lipinski definition) is 1. The monoisotopic (exact) mass is 293 g/mol. The van der Waals surface area contributed by atoms with Gasteiger partial charge in [-0.2, -0.15) is 0 Å². The number of carbonyl (C=O) groups is 1. The number of nitrogens with zero attached hydrogens (tertiary/aromatic N) is 2. The minimum Gasteiger partial charge on any atom is -0.290 e. The molecule has 1 amide bonds. The van der Waals surface area contributed by atoms with Gasteiger partial charge in [-0.05, 0) is 43.4 Å². The topological polar surface area (TPSA) is 54.9 Å². The summed E-state index contributed by atoms with van der Waals surface area (Å²) in [5.74, 6) is 0.0746. The molecule has 0 atom stereocenters. The van der Waals surface area contributed by atoms with Crippen molar-refractivity contribution in [3.05, 3.63) is 38.8 Å². The molecule has 0 radical (unpaired) electrons. The first-order valence-electron chi connectivity index (χ1n) is 6.14. The van der Waals surface area contributed by atoms with Crippen molar-refractivity contribution >= 4 is 34.8 Å². The van der Waals surface area contributed by atoms with Gasteiger partial charge in [0.05, 0.1) is 4.88 Å². The number of halogens is 1. The van der Waals surface area contributed by atoms with Crippen LogP contribution in [0.15, 0.2) is 18.3 Å². The van der Waals surface area contributed by atoms with Gasteiger partial charge in [-0.3, -0.25) is 10.1 Å². The van der Waals surface area contributed by atoms with Crippen molar-refractivity contribution in [2.45, 2.75) is 25.7 Å². The molecule has 4 nitrogen and oxygen atoms in total. The number of aryl methyl sites for hydroxylation is 2. The SMILES string of the molecule is O=C(Nc1nccc(Cl)n1)c1cc2c(s1)CCCC2. The number of amides is 1. The summed E-state index contributed by atoms with van der Waals surface area (Å²) in [6, 6.07) is 3.56. The molecule has 0 saturated heterocycles. The van der Waals surface area contributed by atoms with Crippen LogP contribution in [0, 0.1) is 0 Å². The Labute approximate surface area is 119 Å². The predicted octanol–water partition coefficient (Wildman–Crippen LogP) is 3.32. The Morgan fingerprint density at radius 3 is 3.00 bits per heavy atom. The van der Waals surface area contributed by atoms with Gasteiger partial charge < -0.3 is 0 Å². The summed E-state index contributed by atoms with van der Waals surface area (Å²) in [5, 5.41) is 2.99. The number of nitrogens with one attached hydrogen (secondary N) is 1. The molecule has 1 N–H and O–H groups in total. The number of carbonyl (C=O) groups excluding carboxylic acids is 1. The van der Waals surface area contributed by atoms with Crippen LogP contribution in [0.3, 0.4) is 0 Å². The van der Waals surface area contributed by atoms with Crippen LogP contribution in [-0.4, -0.2) is 15.9 Å². The summed E-state index contributed by atoms with van der Waals surface area (Å²) in [4.78, 5) is 22.1. The van der Waals surface area contributed by atoms with E-state index in [9.17, 15) is 4.79 Å². The van der Waals surface area contributed by atoms with E-state index in [0.29, 0.717) is 5.15 Å². The standard InChI is InChI=1S/C13H12ClN3OS/c14-11-5-6-15-13(16-11)17-12(18)10-7-8-3-1-2-4-9(8)19-10/h5-7H,1-4H2,(H,15,16,17,18). The van der Waals surface area contributed by atoms with Crippen molar-refractivity contribution in [2.75, 3.05) is 5.32 Å². The summed E-state index contributed by atoms with van der Waals surface area (Å²) in [6.07, 6.45) is 6.10. The van der Waals surface area contributed by atoms with Gasteiger partial charge in [0.25, 0.3) is 5.91 Å². The maximum atomic E-state index is 12.1. The lowest BCUT2D eigenvalue weighted by Gasteiger charge is -2.08. The fourth-order valence-corrected chi connectivity index (χ4v) is 3.45. The van der Waals surface area contributed by atoms with Gasteiger partial charge in [-0.1, -0.05) is 11.6 Å². The Bertz CT molecular complexity index is 603. The summed E-state index contributed by atoms with van der Waals surface area (Å²) in [6.45, 7) is 0. The van der Waals surface area contributed by atoms with Gasteiger partial charge >= 0.3 is 0 Å². The second-order valence-corrected chi connectivity index (χ2v) is 5.95. The van der Waals surface area contributed by atoms with Crippen LogP contribution >= 0.6 is 22.9 Å². The number of thiophene rings is 1. The number of anilines is 1. The largest absolute Gasteiger partial charge is 0.290 e. The molecule has 6 heteroatoms. The fourth-order valence-electron chi connectivity index (χ4n) is 2.16. The predicted molar refractivity (Wildman–Crippen MR) is 76.0 cm³/mol. The fraction of sp³-hybridized carbons (Fsp3) is 0.308. The zero-order valence-corrected chi connectivity index (χ0v) is 11.7. The Balaban J connectivity index is 1.78. The summed E-state index contributed by atoms with van der Waals surface area (Å²) < 4.78 is 0. The molecule has 0 saturated carbocycles. The summed E-state index contributed by atoms with van der Waals surface area (Å²) in [7, 11) is 0. The quantitative estimate of drug-likeness (QED) is 0.864. The lowest BCUT2D eigenvalue weighted by atomic mass is 9.99. The molecule has 98 valence electrons. The van der Waals surface area contributed by atoms with Crippen LogP contribution in [0.5, 0.6) is 0 Å². The molecule has 3 rings (SSSR count). The van der Waals surface area contributed by atoms with Gasteiger partial charge in [-0.15, -0.1) is 11.3 Å². The Hall–Kier alpha value is -1.46. The van der Waals surface area contributed by atoms with E-state index in [-0.39, 0.29) is 11.9 Å². The molecular weight excluding hydrogens is 282 g/mol. The van der Waals surface area contributed by atoms with Gasteiger partial charge in [0, 0.05) is 11.1 Å². The molecule has 0 aliphatic heterocycles. The summed E-state index contributed by atoms with van der Waals surface area (Å²) in [5.41, 5.74) is 1.31. The molecule has 0 fully saturated rings. The average molecular weight is 294 g/mol. The molecule has 19 heavy (non-hydrogen) atoms. The van der Waals surface area contributed by atoms with E-state index in [1.54, 1.807) is 17.4 Å². The van der Waals surface area contributed by atoms with E-state index in [4.69, 9.17) is 11.6 Å². The number of fused-ring (bicyclic) bond motifs is 1. The smallest absolute Gasteiger partial charge is 0.268 e. The lowest BCUT2D eigenvalue weighted by molar-refractivity contribution is 0.102. The number of aromatic nitrogens is 2. The molecular formula is C13H12ClN3OS. The highest BCUT2D eigenvalue weighted by Gasteiger charge is 2.17. The van der Waals surface area contributed by atoms with Gasteiger partial charge in [0.15, 0.2) is 0 Å². The molecule has 0 spiro atoms. The van der Waals surface area contributed by atoms with Crippen LogP contribution in [0.4, 0.5) is 5.95 Å². The normalized spacial score (nSPS) is 13.9. The van der Waals surface area contributed by atoms with E-state index in [1.807, 2.05) is 6.07 Å². The highest BCUT2D eigenvalue weighted by molar-refractivity contribution is 7.14. The van der Waals surface area contributed by atoms with E-state index in [2.05, 4.69) is 15.3 Å². The van der Waals surface area contributed by atoms with Crippen molar-refractivity contribution < 1.29 is 4.79 Å². The molecule has 2 heterocycles. The molecule has 0 aromatic carbocycles. The molecule has 0 bridgehead atoms. The second kappa shape index (κ2) is 5.27. The van der Waals surface area contributed by atoms with Crippen LogP contribution < -0.4 is 5.32 Å². The summed E-state index contributed by atoms with van der Waals surface area (Å²) >= 11 is 7.32. The van der Waals surface area contributed by atoms with Crippen LogP contribution in [0.1, 0.15) is 33.0 Å². The minimum absolute atomic E-state index is 0.165. The zero-order valence-electron chi connectivity index (χ0n) is 10.1. The minimum atomic E-state index is -0.165. The number of rotatable bonds is 2.